The number of hydrogen-bond donors (Lipinski definition) is 1. The van der Waals surface area contributed by atoms with E-state index in [2.05, 4.69) is 20.7 Å². The molecule has 0 amide bonds. The predicted molar refractivity (Wildman–Crippen MR) is 84.8 cm³/mol. The van der Waals surface area contributed by atoms with Crippen LogP contribution in [0.5, 0.6) is 0 Å². The summed E-state index contributed by atoms with van der Waals surface area (Å²) in [6.45, 7) is 1.79. The molecule has 0 atom stereocenters. The van der Waals surface area contributed by atoms with Crippen LogP contribution in [0.15, 0.2) is 14.7 Å². The van der Waals surface area contributed by atoms with Crippen LogP contribution in [0, 0.1) is 12.8 Å². The van der Waals surface area contributed by atoms with Crippen molar-refractivity contribution in [3.05, 3.63) is 14.7 Å². The van der Waals surface area contributed by atoms with Gasteiger partial charge in [0.1, 0.15) is 0 Å². The number of nitrogens with one attached hydrogen (secondary N) is 1. The van der Waals surface area contributed by atoms with Gasteiger partial charge in [-0.3, -0.25) is 4.79 Å². The lowest BCUT2D eigenvalue weighted by molar-refractivity contribution is -0.146. The Morgan fingerprint density at radius 3 is 2.48 bits per heavy atom. The summed E-state index contributed by atoms with van der Waals surface area (Å²) >= 11 is 4.71. The van der Waals surface area contributed by atoms with Crippen molar-refractivity contribution in [1.82, 2.24) is 4.72 Å². The molecule has 1 aromatic rings. The molecule has 0 radical (unpaired) electrons. The number of methoxy groups -OCH3 is 1. The summed E-state index contributed by atoms with van der Waals surface area (Å²) < 4.78 is 33.1. The van der Waals surface area contributed by atoms with Gasteiger partial charge in [-0.15, -0.1) is 11.3 Å². The molecule has 21 heavy (non-hydrogen) atoms. The van der Waals surface area contributed by atoms with Crippen LogP contribution in [0.2, 0.25) is 0 Å². The Morgan fingerprint density at radius 1 is 1.38 bits per heavy atom. The highest BCUT2D eigenvalue weighted by atomic mass is 79.9. The number of carbonyl (C=O) groups is 1. The van der Waals surface area contributed by atoms with Crippen LogP contribution < -0.4 is 4.72 Å². The van der Waals surface area contributed by atoms with E-state index < -0.39 is 10.0 Å². The average Bonchev–Trinajstić information content (AvgIpc) is 2.78. The number of aryl methyl sites for hydroxylation is 1. The molecule has 1 saturated carbocycles. The van der Waals surface area contributed by atoms with Gasteiger partial charge < -0.3 is 4.74 Å². The molecule has 2 rings (SSSR count). The minimum absolute atomic E-state index is 0.104. The van der Waals surface area contributed by atoms with Gasteiger partial charge in [-0.1, -0.05) is 0 Å². The molecule has 1 N–H and O–H groups in total. The summed E-state index contributed by atoms with van der Waals surface area (Å²) in [6.07, 6.45) is 2.63. The summed E-state index contributed by atoms with van der Waals surface area (Å²) in [5, 5.41) is 0. The third kappa shape index (κ3) is 4.06. The molecule has 1 aliphatic rings. The fourth-order valence-electron chi connectivity index (χ4n) is 2.59. The van der Waals surface area contributed by atoms with Gasteiger partial charge >= 0.3 is 5.97 Å². The Kier molecular flexibility index (Phi) is 5.45. The zero-order chi connectivity index (χ0) is 15.6. The molecule has 1 aromatic heterocycles. The molecule has 0 spiro atoms. The maximum atomic E-state index is 12.4. The lowest BCUT2D eigenvalue weighted by Crippen LogP contribution is -2.38. The third-order valence-electron chi connectivity index (χ3n) is 3.72. The van der Waals surface area contributed by atoms with Gasteiger partial charge in [-0.05, 0) is 54.6 Å². The fourth-order valence-corrected chi connectivity index (χ4v) is 6.31. The third-order valence-corrected chi connectivity index (χ3v) is 7.04. The quantitative estimate of drug-likeness (QED) is 0.795. The minimum atomic E-state index is -3.50. The van der Waals surface area contributed by atoms with Gasteiger partial charge in [-0.25, -0.2) is 13.1 Å². The molecule has 1 fully saturated rings. The number of rotatable bonds is 4. The zero-order valence-electron chi connectivity index (χ0n) is 11.9. The molecule has 1 heterocycles. The van der Waals surface area contributed by atoms with E-state index in [4.69, 9.17) is 4.74 Å². The minimum Gasteiger partial charge on any atom is -0.469 e. The number of ether oxygens (including phenoxy) is 1. The molecule has 118 valence electrons. The van der Waals surface area contributed by atoms with Crippen LogP contribution in [0.25, 0.3) is 0 Å². The zero-order valence-corrected chi connectivity index (χ0v) is 15.1. The highest BCUT2D eigenvalue weighted by Crippen LogP contribution is 2.31. The first kappa shape index (κ1) is 16.9. The Labute approximate surface area is 137 Å². The van der Waals surface area contributed by atoms with Gasteiger partial charge in [0, 0.05) is 10.9 Å². The van der Waals surface area contributed by atoms with Crippen molar-refractivity contribution in [3.63, 3.8) is 0 Å². The molecule has 0 aliphatic heterocycles. The average molecular weight is 396 g/mol. The van der Waals surface area contributed by atoms with Crippen molar-refractivity contribution in [3.8, 4) is 0 Å². The van der Waals surface area contributed by atoms with Crippen molar-refractivity contribution >= 4 is 43.3 Å². The van der Waals surface area contributed by atoms with Crippen LogP contribution >= 0.6 is 27.3 Å². The molecule has 8 heteroatoms. The van der Waals surface area contributed by atoms with Crippen molar-refractivity contribution in [2.24, 2.45) is 5.92 Å². The maximum Gasteiger partial charge on any atom is 0.308 e. The van der Waals surface area contributed by atoms with Crippen molar-refractivity contribution < 1.29 is 17.9 Å². The topological polar surface area (TPSA) is 72.5 Å². The molecule has 0 bridgehead atoms. The number of esters is 1. The molecule has 0 aromatic carbocycles. The van der Waals surface area contributed by atoms with E-state index in [-0.39, 0.29) is 17.9 Å². The van der Waals surface area contributed by atoms with Gasteiger partial charge in [0.05, 0.1) is 21.7 Å². The largest absolute Gasteiger partial charge is 0.469 e. The van der Waals surface area contributed by atoms with E-state index in [1.807, 2.05) is 0 Å². The Morgan fingerprint density at radius 2 is 2.00 bits per heavy atom. The van der Waals surface area contributed by atoms with E-state index >= 15 is 0 Å². The van der Waals surface area contributed by atoms with Gasteiger partial charge in [-0.2, -0.15) is 0 Å². The van der Waals surface area contributed by atoms with Crippen molar-refractivity contribution in [2.75, 3.05) is 7.11 Å². The first-order valence-corrected chi connectivity index (χ1v) is 9.79. The van der Waals surface area contributed by atoms with Crippen LogP contribution in [-0.2, 0) is 19.6 Å². The SMILES string of the molecule is COC(=O)C1CCC(NS(=O)(=O)c2cc(Br)sc2C)CC1. The predicted octanol–water partition coefficient (Wildman–Crippen LogP) is 2.83. The molecule has 5 nitrogen and oxygen atoms in total. The van der Waals surface area contributed by atoms with Crippen molar-refractivity contribution in [2.45, 2.75) is 43.5 Å². The Bertz CT molecular complexity index is 618. The van der Waals surface area contributed by atoms with E-state index in [9.17, 15) is 13.2 Å². The smallest absolute Gasteiger partial charge is 0.308 e. The van der Waals surface area contributed by atoms with E-state index in [1.165, 1.54) is 18.4 Å². The lowest BCUT2D eigenvalue weighted by Gasteiger charge is -2.27. The second-order valence-corrected chi connectivity index (χ2v) is 9.48. The molecule has 0 saturated heterocycles. The van der Waals surface area contributed by atoms with Gasteiger partial charge in [0.15, 0.2) is 0 Å². The van der Waals surface area contributed by atoms with Crippen LogP contribution in [0.4, 0.5) is 0 Å². The molecule has 0 unspecified atom stereocenters. The van der Waals surface area contributed by atoms with E-state index in [1.54, 1.807) is 13.0 Å². The molecule has 1 aliphatic carbocycles. The number of halogens is 1. The second-order valence-electron chi connectivity index (χ2n) is 5.16. The summed E-state index contributed by atoms with van der Waals surface area (Å²) in [5.41, 5.74) is 0. The van der Waals surface area contributed by atoms with Crippen LogP contribution in [-0.4, -0.2) is 27.5 Å². The summed E-state index contributed by atoms with van der Waals surface area (Å²) in [6, 6.07) is 1.51. The monoisotopic (exact) mass is 395 g/mol. The molecular weight excluding hydrogens is 378 g/mol. The van der Waals surface area contributed by atoms with E-state index in [0.29, 0.717) is 30.6 Å². The van der Waals surface area contributed by atoms with Crippen LogP contribution in [0.1, 0.15) is 30.6 Å². The normalized spacial score (nSPS) is 23.0. The van der Waals surface area contributed by atoms with Crippen molar-refractivity contribution in [1.29, 1.82) is 0 Å². The highest BCUT2D eigenvalue weighted by molar-refractivity contribution is 9.11. The maximum absolute atomic E-state index is 12.4. The van der Waals surface area contributed by atoms with Crippen LogP contribution in [0.3, 0.4) is 0 Å². The van der Waals surface area contributed by atoms with Gasteiger partial charge in [0.2, 0.25) is 10.0 Å². The number of carbonyl (C=O) groups excluding carboxylic acids is 1. The van der Waals surface area contributed by atoms with E-state index in [0.717, 1.165) is 8.66 Å². The first-order chi connectivity index (χ1) is 9.83. The Balaban J connectivity index is 2.00. The molecular formula is C13H18BrNO4S2. The van der Waals surface area contributed by atoms with Gasteiger partial charge in [0.25, 0.3) is 0 Å². The highest BCUT2D eigenvalue weighted by Gasteiger charge is 2.30. The summed E-state index contributed by atoms with van der Waals surface area (Å²) in [5.74, 6) is -0.304. The lowest BCUT2D eigenvalue weighted by atomic mass is 9.86. The number of thiophene rings is 1. The second kappa shape index (κ2) is 6.76. The first-order valence-electron chi connectivity index (χ1n) is 6.69. The number of hydrogen-bond acceptors (Lipinski definition) is 5. The number of sulfonamides is 1. The summed E-state index contributed by atoms with van der Waals surface area (Å²) in [7, 11) is -2.12. The summed E-state index contributed by atoms with van der Waals surface area (Å²) in [4.78, 5) is 12.6. The fraction of sp³-hybridized carbons (Fsp3) is 0.615. The Hall–Kier alpha value is -0.440. The standard InChI is InChI=1S/C13H18BrNO4S2/c1-8-11(7-12(14)20-8)21(17,18)15-10-5-3-9(4-6-10)13(16)19-2/h7,9-10,15H,3-6H2,1-2H3.